The Kier molecular flexibility index (Phi) is 9.74. The van der Waals surface area contributed by atoms with Crippen molar-refractivity contribution in [1.29, 1.82) is 0 Å². The number of rotatable bonds is 8. The molecule has 40 heavy (non-hydrogen) atoms. The Morgan fingerprint density at radius 1 is 0.650 bits per heavy atom. The third kappa shape index (κ3) is 7.04. The Hall–Kier alpha value is -2.92. The molecule has 10 nitrogen and oxygen atoms in total. The number of nitrogens with zero attached hydrogens (tertiary/aromatic N) is 8. The molecule has 216 valence electrons. The SMILES string of the molecule is CC(C)CC(N1CCOCC1)n1nc2ccccc2n1.CC(C)CC(N1CCOCC1)n1nnc2ccccc21. The van der Waals surface area contributed by atoms with Gasteiger partial charge < -0.3 is 9.47 Å². The highest BCUT2D eigenvalue weighted by atomic mass is 16.5. The lowest BCUT2D eigenvalue weighted by atomic mass is 10.1. The van der Waals surface area contributed by atoms with E-state index in [0.717, 1.165) is 87.5 Å². The molecule has 0 saturated carbocycles. The van der Waals surface area contributed by atoms with Gasteiger partial charge in [-0.15, -0.1) is 5.10 Å². The average molecular weight is 549 g/mol. The van der Waals surface area contributed by atoms with Crippen LogP contribution in [0.15, 0.2) is 48.5 Å². The Morgan fingerprint density at radius 3 is 1.68 bits per heavy atom. The van der Waals surface area contributed by atoms with Crippen molar-refractivity contribution in [2.24, 2.45) is 11.8 Å². The van der Waals surface area contributed by atoms with Gasteiger partial charge in [-0.2, -0.15) is 15.0 Å². The van der Waals surface area contributed by atoms with E-state index in [4.69, 9.17) is 9.47 Å². The molecule has 2 aliphatic heterocycles. The first-order chi connectivity index (χ1) is 19.5. The minimum atomic E-state index is 0.228. The van der Waals surface area contributed by atoms with Crippen LogP contribution in [0.1, 0.15) is 52.9 Å². The topological polar surface area (TPSA) is 86.4 Å². The highest BCUT2D eigenvalue weighted by molar-refractivity contribution is 5.74. The molecular weight excluding hydrogens is 504 g/mol. The lowest BCUT2D eigenvalue weighted by Crippen LogP contribution is -2.42. The summed E-state index contributed by atoms with van der Waals surface area (Å²) in [5.41, 5.74) is 4.02. The van der Waals surface area contributed by atoms with Crippen molar-refractivity contribution >= 4 is 22.1 Å². The zero-order valence-corrected chi connectivity index (χ0v) is 24.4. The van der Waals surface area contributed by atoms with Crippen LogP contribution in [0.5, 0.6) is 0 Å². The van der Waals surface area contributed by atoms with Crippen LogP contribution in [-0.2, 0) is 9.47 Å². The number of morpholine rings is 2. The smallest absolute Gasteiger partial charge is 0.124 e. The average Bonchev–Trinajstić information content (AvgIpc) is 3.60. The molecule has 2 saturated heterocycles. The van der Waals surface area contributed by atoms with Crippen molar-refractivity contribution < 1.29 is 9.47 Å². The molecule has 0 amide bonds. The summed E-state index contributed by atoms with van der Waals surface area (Å²) >= 11 is 0. The Bertz CT molecular complexity index is 1280. The molecule has 2 aromatic heterocycles. The summed E-state index contributed by atoms with van der Waals surface area (Å²) in [5.74, 6) is 1.22. The molecule has 2 aliphatic rings. The first-order valence-corrected chi connectivity index (χ1v) is 14.7. The predicted molar refractivity (Wildman–Crippen MR) is 157 cm³/mol. The van der Waals surface area contributed by atoms with E-state index >= 15 is 0 Å². The molecule has 10 heteroatoms. The predicted octanol–water partition coefficient (Wildman–Crippen LogP) is 4.62. The molecule has 2 unspecified atom stereocenters. The fourth-order valence-corrected chi connectivity index (χ4v) is 5.50. The Balaban J connectivity index is 0.000000161. The van der Waals surface area contributed by atoms with Crippen LogP contribution < -0.4 is 0 Å². The van der Waals surface area contributed by atoms with Crippen LogP contribution in [-0.4, -0.2) is 92.4 Å². The van der Waals surface area contributed by atoms with E-state index in [0.29, 0.717) is 11.8 Å². The molecular formula is C30H44N8O2. The quantitative estimate of drug-likeness (QED) is 0.315. The highest BCUT2D eigenvalue weighted by Gasteiger charge is 2.26. The van der Waals surface area contributed by atoms with Crippen LogP contribution in [0.25, 0.3) is 22.1 Å². The van der Waals surface area contributed by atoms with Gasteiger partial charge in [-0.1, -0.05) is 57.2 Å². The van der Waals surface area contributed by atoms with E-state index in [-0.39, 0.29) is 12.3 Å². The lowest BCUT2D eigenvalue weighted by Gasteiger charge is -2.35. The fraction of sp³-hybridized carbons (Fsp3) is 0.600. The molecule has 2 aromatic carbocycles. The van der Waals surface area contributed by atoms with Gasteiger partial charge in [0, 0.05) is 26.2 Å². The van der Waals surface area contributed by atoms with Crippen LogP contribution in [0, 0.1) is 11.8 Å². The van der Waals surface area contributed by atoms with Gasteiger partial charge in [0.15, 0.2) is 0 Å². The third-order valence-electron chi connectivity index (χ3n) is 7.53. The summed E-state index contributed by atoms with van der Waals surface area (Å²) in [7, 11) is 0. The van der Waals surface area contributed by atoms with Crippen molar-refractivity contribution in [3.8, 4) is 0 Å². The maximum atomic E-state index is 5.47. The first kappa shape index (κ1) is 28.6. The van der Waals surface area contributed by atoms with Gasteiger partial charge in [-0.25, -0.2) is 4.68 Å². The highest BCUT2D eigenvalue weighted by Crippen LogP contribution is 2.26. The summed E-state index contributed by atoms with van der Waals surface area (Å²) in [5, 5.41) is 18.0. The number of ether oxygens (including phenoxy) is 2. The minimum absolute atomic E-state index is 0.228. The fourth-order valence-electron chi connectivity index (χ4n) is 5.50. The van der Waals surface area contributed by atoms with Crippen molar-refractivity contribution in [2.75, 3.05) is 52.6 Å². The van der Waals surface area contributed by atoms with E-state index in [9.17, 15) is 0 Å². The van der Waals surface area contributed by atoms with Gasteiger partial charge in [0.2, 0.25) is 0 Å². The largest absolute Gasteiger partial charge is 0.379 e. The number of hydrogen-bond donors (Lipinski definition) is 0. The van der Waals surface area contributed by atoms with Crippen LogP contribution in [0.4, 0.5) is 0 Å². The first-order valence-electron chi connectivity index (χ1n) is 14.7. The standard InChI is InChI=1S/2C15H22N4O/c1-12(2)11-15(18-7-9-20-10-8-18)19-14-6-4-3-5-13(14)16-17-19;1-12(2)11-15(18-7-9-20-10-8-18)19-16-13-5-3-4-6-14(13)17-19/h2*3-6,12,15H,7-11H2,1-2H3. The molecule has 6 rings (SSSR count). The molecule has 0 spiro atoms. The number of benzene rings is 2. The van der Waals surface area contributed by atoms with Crippen molar-refractivity contribution in [1.82, 2.24) is 39.8 Å². The normalized spacial score (nSPS) is 18.8. The molecule has 0 N–H and O–H groups in total. The maximum absolute atomic E-state index is 5.47. The van der Waals surface area contributed by atoms with Gasteiger partial charge in [0.1, 0.15) is 28.9 Å². The van der Waals surface area contributed by atoms with E-state index in [1.165, 1.54) is 0 Å². The van der Waals surface area contributed by atoms with Gasteiger partial charge in [-0.05, 0) is 48.9 Å². The number of fused-ring (bicyclic) bond motifs is 2. The lowest BCUT2D eigenvalue weighted by molar-refractivity contribution is -0.0153. The summed E-state index contributed by atoms with van der Waals surface area (Å²) < 4.78 is 13.0. The molecule has 0 bridgehead atoms. The molecule has 4 heterocycles. The van der Waals surface area contributed by atoms with Gasteiger partial charge >= 0.3 is 0 Å². The second-order valence-electron chi connectivity index (χ2n) is 11.5. The van der Waals surface area contributed by atoms with E-state index in [1.54, 1.807) is 0 Å². The summed E-state index contributed by atoms with van der Waals surface area (Å²) in [6.45, 7) is 16.1. The van der Waals surface area contributed by atoms with Crippen molar-refractivity contribution in [2.45, 2.75) is 52.9 Å². The zero-order valence-electron chi connectivity index (χ0n) is 24.4. The summed E-state index contributed by atoms with van der Waals surface area (Å²) in [6.07, 6.45) is 2.63. The third-order valence-corrected chi connectivity index (χ3v) is 7.53. The number of hydrogen-bond acceptors (Lipinski definition) is 8. The van der Waals surface area contributed by atoms with Crippen LogP contribution in [0.2, 0.25) is 0 Å². The van der Waals surface area contributed by atoms with Gasteiger partial charge in [-0.3, -0.25) is 9.80 Å². The monoisotopic (exact) mass is 548 g/mol. The molecule has 4 aromatic rings. The van der Waals surface area contributed by atoms with E-state index in [2.05, 4.69) is 68.8 Å². The van der Waals surface area contributed by atoms with Crippen LogP contribution >= 0.6 is 0 Å². The van der Waals surface area contributed by atoms with Gasteiger partial charge in [0.05, 0.1) is 31.9 Å². The molecule has 0 radical (unpaired) electrons. The van der Waals surface area contributed by atoms with Crippen molar-refractivity contribution in [3.05, 3.63) is 48.5 Å². The Morgan fingerprint density at radius 2 is 1.12 bits per heavy atom. The van der Waals surface area contributed by atoms with Crippen molar-refractivity contribution in [3.63, 3.8) is 0 Å². The molecule has 0 aliphatic carbocycles. The second kappa shape index (κ2) is 13.6. The summed E-state index contributed by atoms with van der Waals surface area (Å²) in [4.78, 5) is 6.79. The van der Waals surface area contributed by atoms with Crippen LogP contribution in [0.3, 0.4) is 0 Å². The zero-order chi connectivity index (χ0) is 27.9. The number of para-hydroxylation sites is 1. The second-order valence-corrected chi connectivity index (χ2v) is 11.5. The Labute approximate surface area is 237 Å². The summed E-state index contributed by atoms with van der Waals surface area (Å²) in [6, 6.07) is 16.2. The molecule has 2 atom stereocenters. The minimum Gasteiger partial charge on any atom is -0.379 e. The maximum Gasteiger partial charge on any atom is 0.124 e. The van der Waals surface area contributed by atoms with E-state index in [1.807, 2.05) is 47.3 Å². The molecule has 2 fully saturated rings. The van der Waals surface area contributed by atoms with Gasteiger partial charge in [0.25, 0.3) is 0 Å². The van der Waals surface area contributed by atoms with E-state index < -0.39 is 0 Å². The number of aromatic nitrogens is 6.